The molecular weight excluding hydrogens is 284 g/mol. The van der Waals surface area contributed by atoms with Gasteiger partial charge in [0.15, 0.2) is 5.78 Å². The minimum atomic E-state index is -0.825. The smallest absolute Gasteiger partial charge is 0.193 e. The van der Waals surface area contributed by atoms with Gasteiger partial charge in [0.25, 0.3) is 0 Å². The van der Waals surface area contributed by atoms with Gasteiger partial charge in [0, 0.05) is 0 Å². The normalized spacial score (nSPS) is 24.3. The molecule has 2 aliphatic carbocycles. The molecule has 0 spiro atoms. The van der Waals surface area contributed by atoms with Gasteiger partial charge in [-0.3, -0.25) is 4.79 Å². The summed E-state index contributed by atoms with van der Waals surface area (Å²) in [7, 11) is 0. The highest BCUT2D eigenvalue weighted by Gasteiger charge is 2.54. The van der Waals surface area contributed by atoms with E-state index in [9.17, 15) is 10.1 Å². The Balaban J connectivity index is 2.05. The molecule has 1 saturated carbocycles. The van der Waals surface area contributed by atoms with Gasteiger partial charge in [0.2, 0.25) is 0 Å². The van der Waals surface area contributed by atoms with E-state index < -0.39 is 5.41 Å². The summed E-state index contributed by atoms with van der Waals surface area (Å²) in [5.74, 6) is 0.710. The van der Waals surface area contributed by atoms with Crippen LogP contribution in [-0.4, -0.2) is 12.4 Å². The molecule has 21 heavy (non-hydrogen) atoms. The van der Waals surface area contributed by atoms with E-state index in [1.807, 2.05) is 6.92 Å². The molecule has 0 aromatic carbocycles. The fraction of sp³-hybridized carbons (Fsp3) is 0.500. The van der Waals surface area contributed by atoms with Crippen molar-refractivity contribution in [3.05, 3.63) is 22.6 Å². The number of ether oxygens (including phenoxy) is 1. The molecule has 3 rings (SSSR count). The molecule has 1 heterocycles. The Morgan fingerprint density at radius 1 is 1.62 bits per heavy atom. The predicted molar refractivity (Wildman–Crippen MR) is 82.8 cm³/mol. The SMILES string of the molecule is C=C(OCC)c1c(N)sc2c1CCC(C#N)(C1CC1)C2=O. The maximum absolute atomic E-state index is 12.9. The zero-order valence-corrected chi connectivity index (χ0v) is 12.9. The van der Waals surface area contributed by atoms with Crippen LogP contribution in [0.4, 0.5) is 5.00 Å². The molecule has 0 aliphatic heterocycles. The molecule has 110 valence electrons. The van der Waals surface area contributed by atoms with Gasteiger partial charge in [-0.1, -0.05) is 6.58 Å². The first-order valence-electron chi connectivity index (χ1n) is 7.24. The average molecular weight is 302 g/mol. The Morgan fingerprint density at radius 3 is 2.90 bits per heavy atom. The number of nitriles is 1. The summed E-state index contributed by atoms with van der Waals surface area (Å²) in [6.07, 6.45) is 3.24. The van der Waals surface area contributed by atoms with Crippen molar-refractivity contribution >= 4 is 27.9 Å². The number of rotatable bonds is 4. The van der Waals surface area contributed by atoms with E-state index in [2.05, 4.69) is 12.6 Å². The van der Waals surface area contributed by atoms with Crippen molar-refractivity contribution in [1.29, 1.82) is 5.26 Å². The van der Waals surface area contributed by atoms with E-state index in [0.717, 1.165) is 24.0 Å². The van der Waals surface area contributed by atoms with Gasteiger partial charge >= 0.3 is 0 Å². The highest BCUT2D eigenvalue weighted by Crippen LogP contribution is 2.54. The monoisotopic (exact) mass is 302 g/mol. The first kappa shape index (κ1) is 14.2. The Labute approximate surface area is 128 Å². The third-order valence-corrected chi connectivity index (χ3v) is 5.55. The number of fused-ring (bicyclic) bond motifs is 1. The van der Waals surface area contributed by atoms with Crippen LogP contribution in [0.5, 0.6) is 0 Å². The number of nitrogen functional groups attached to an aromatic ring is 1. The van der Waals surface area contributed by atoms with Gasteiger partial charge in [0.1, 0.15) is 11.2 Å². The molecule has 0 saturated heterocycles. The van der Waals surface area contributed by atoms with Crippen molar-refractivity contribution in [2.24, 2.45) is 11.3 Å². The first-order chi connectivity index (χ1) is 10.0. The third-order valence-electron chi connectivity index (χ3n) is 4.49. The maximum Gasteiger partial charge on any atom is 0.193 e. The number of hydrogen-bond acceptors (Lipinski definition) is 5. The van der Waals surface area contributed by atoms with E-state index >= 15 is 0 Å². The molecule has 4 nitrogen and oxygen atoms in total. The highest BCUT2D eigenvalue weighted by atomic mass is 32.1. The summed E-state index contributed by atoms with van der Waals surface area (Å²) >= 11 is 1.28. The van der Waals surface area contributed by atoms with Crippen LogP contribution in [0.1, 0.15) is 47.0 Å². The zero-order valence-electron chi connectivity index (χ0n) is 12.1. The molecule has 2 N–H and O–H groups in total. The molecule has 5 heteroatoms. The zero-order chi connectivity index (χ0) is 15.2. The lowest BCUT2D eigenvalue weighted by Gasteiger charge is -2.29. The number of ketones is 1. The van der Waals surface area contributed by atoms with Crippen LogP contribution in [0.15, 0.2) is 6.58 Å². The number of thiophene rings is 1. The topological polar surface area (TPSA) is 76.1 Å². The van der Waals surface area contributed by atoms with Gasteiger partial charge in [-0.15, -0.1) is 11.3 Å². The van der Waals surface area contributed by atoms with Crippen LogP contribution in [0.25, 0.3) is 5.76 Å². The summed E-state index contributed by atoms with van der Waals surface area (Å²) in [6, 6.07) is 2.32. The Kier molecular flexibility index (Phi) is 3.29. The number of anilines is 1. The van der Waals surface area contributed by atoms with Gasteiger partial charge in [-0.2, -0.15) is 5.26 Å². The summed E-state index contributed by atoms with van der Waals surface area (Å²) in [4.78, 5) is 13.5. The van der Waals surface area contributed by atoms with Gasteiger partial charge < -0.3 is 10.5 Å². The lowest BCUT2D eigenvalue weighted by Crippen LogP contribution is -2.36. The number of carbonyl (C=O) groups is 1. The fourth-order valence-electron chi connectivity index (χ4n) is 3.26. The number of hydrogen-bond donors (Lipinski definition) is 1. The van der Waals surface area contributed by atoms with Gasteiger partial charge in [-0.05, 0) is 44.1 Å². The molecule has 1 fully saturated rings. The molecule has 0 amide bonds. The molecule has 1 atom stereocenters. The number of carbonyl (C=O) groups excluding carboxylic acids is 1. The van der Waals surface area contributed by atoms with Crippen LogP contribution in [0, 0.1) is 22.7 Å². The van der Waals surface area contributed by atoms with E-state index in [4.69, 9.17) is 10.5 Å². The molecular formula is C16H18N2O2S. The number of nitrogens with two attached hydrogens (primary N) is 1. The molecule has 0 bridgehead atoms. The largest absolute Gasteiger partial charge is 0.494 e. The third kappa shape index (κ3) is 1.97. The molecule has 1 aromatic heterocycles. The lowest BCUT2D eigenvalue weighted by atomic mass is 9.70. The lowest BCUT2D eigenvalue weighted by molar-refractivity contribution is 0.0811. The van der Waals surface area contributed by atoms with Gasteiger partial charge in [-0.25, -0.2) is 0 Å². The second-order valence-electron chi connectivity index (χ2n) is 5.69. The van der Waals surface area contributed by atoms with Crippen molar-refractivity contribution in [2.45, 2.75) is 32.6 Å². The van der Waals surface area contributed by atoms with Crippen LogP contribution >= 0.6 is 11.3 Å². The first-order valence-corrected chi connectivity index (χ1v) is 8.06. The van der Waals surface area contributed by atoms with Crippen LogP contribution in [0.3, 0.4) is 0 Å². The van der Waals surface area contributed by atoms with Crippen molar-refractivity contribution in [3.63, 3.8) is 0 Å². The number of nitrogens with zero attached hydrogens (tertiary/aromatic N) is 1. The van der Waals surface area contributed by atoms with Crippen molar-refractivity contribution in [1.82, 2.24) is 0 Å². The van der Waals surface area contributed by atoms with E-state index in [1.165, 1.54) is 11.3 Å². The van der Waals surface area contributed by atoms with E-state index in [1.54, 1.807) is 0 Å². The summed E-state index contributed by atoms with van der Waals surface area (Å²) in [5, 5.41) is 10.1. The Bertz CT molecular complexity index is 667. The number of Topliss-reactive ketones (excluding diaryl/α,β-unsaturated/α-hetero) is 1. The highest BCUT2D eigenvalue weighted by molar-refractivity contribution is 7.18. The molecule has 1 unspecified atom stereocenters. The average Bonchev–Trinajstić information content (AvgIpc) is 3.24. The summed E-state index contributed by atoms with van der Waals surface area (Å²) in [5.41, 5.74) is 6.95. The fourth-order valence-corrected chi connectivity index (χ4v) is 4.42. The van der Waals surface area contributed by atoms with Crippen LogP contribution < -0.4 is 5.73 Å². The van der Waals surface area contributed by atoms with Crippen molar-refractivity contribution < 1.29 is 9.53 Å². The van der Waals surface area contributed by atoms with E-state index in [0.29, 0.717) is 35.1 Å². The van der Waals surface area contributed by atoms with E-state index in [-0.39, 0.29) is 11.7 Å². The van der Waals surface area contributed by atoms with Crippen LogP contribution in [0.2, 0.25) is 0 Å². The Hall–Kier alpha value is -1.80. The summed E-state index contributed by atoms with van der Waals surface area (Å²) < 4.78 is 5.46. The second-order valence-corrected chi connectivity index (χ2v) is 6.74. The standard InChI is InChI=1S/C16H18N2O2S/c1-3-20-9(2)12-11-6-7-16(8-17,10-4-5-10)14(19)13(11)21-15(12)18/h10H,2-7,18H2,1H3. The molecule has 1 aromatic rings. The minimum Gasteiger partial charge on any atom is -0.494 e. The Morgan fingerprint density at radius 2 is 2.33 bits per heavy atom. The van der Waals surface area contributed by atoms with Crippen LogP contribution in [-0.2, 0) is 11.2 Å². The summed E-state index contributed by atoms with van der Waals surface area (Å²) in [6.45, 7) is 6.32. The maximum atomic E-state index is 12.9. The van der Waals surface area contributed by atoms with Crippen molar-refractivity contribution in [3.8, 4) is 6.07 Å². The molecule has 0 radical (unpaired) electrons. The second kappa shape index (κ2) is 4.88. The van der Waals surface area contributed by atoms with Crippen molar-refractivity contribution in [2.75, 3.05) is 12.3 Å². The predicted octanol–water partition coefficient (Wildman–Crippen LogP) is 3.39. The van der Waals surface area contributed by atoms with Gasteiger partial charge in [0.05, 0.1) is 28.1 Å². The molecule has 2 aliphatic rings. The minimum absolute atomic E-state index is 0.0407. The quantitative estimate of drug-likeness (QED) is 0.865.